The van der Waals surface area contributed by atoms with Crippen molar-refractivity contribution < 1.29 is 14.9 Å². The summed E-state index contributed by atoms with van der Waals surface area (Å²) < 4.78 is 6.02. The highest BCUT2D eigenvalue weighted by atomic mass is 35.5. The first-order valence-electron chi connectivity index (χ1n) is 10.6. The van der Waals surface area contributed by atoms with Crippen molar-refractivity contribution in [2.45, 2.75) is 30.9 Å². The fourth-order valence-electron chi connectivity index (χ4n) is 4.52. The summed E-state index contributed by atoms with van der Waals surface area (Å²) >= 11 is 6.06. The third-order valence-electron chi connectivity index (χ3n) is 6.06. The second kappa shape index (κ2) is 10.1. The normalized spacial score (nSPS) is 27.5. The van der Waals surface area contributed by atoms with Crippen LogP contribution < -0.4 is 10.2 Å². The molecule has 0 amide bonds. The Labute approximate surface area is 183 Å². The van der Waals surface area contributed by atoms with E-state index in [9.17, 15) is 10.2 Å². The molecule has 7 heteroatoms. The number of rotatable bonds is 7. The molecule has 3 N–H and O–H groups in total. The molecule has 0 unspecified atom stereocenters. The zero-order chi connectivity index (χ0) is 20.9. The molecule has 4 rings (SSSR count). The number of aliphatic hydroxyl groups is 2. The van der Waals surface area contributed by atoms with Crippen molar-refractivity contribution in [2.24, 2.45) is 0 Å². The Morgan fingerprint density at radius 3 is 2.47 bits per heavy atom. The van der Waals surface area contributed by atoms with Crippen LogP contribution in [0.3, 0.4) is 0 Å². The summed E-state index contributed by atoms with van der Waals surface area (Å²) in [5.41, 5.74) is 2.33. The van der Waals surface area contributed by atoms with Crippen LogP contribution in [0, 0.1) is 0 Å². The molecule has 0 saturated carbocycles. The summed E-state index contributed by atoms with van der Waals surface area (Å²) in [4.78, 5) is 4.68. The van der Waals surface area contributed by atoms with Crippen LogP contribution in [0.15, 0.2) is 54.6 Å². The smallest absolute Gasteiger partial charge is 0.109 e. The average Bonchev–Trinajstić information content (AvgIpc) is 3.10. The van der Waals surface area contributed by atoms with Gasteiger partial charge in [-0.3, -0.25) is 4.90 Å². The summed E-state index contributed by atoms with van der Waals surface area (Å²) in [5, 5.41) is 24.6. The molecule has 2 heterocycles. The molecular weight excluding hydrogens is 402 g/mol. The number of anilines is 1. The van der Waals surface area contributed by atoms with Gasteiger partial charge in [0.05, 0.1) is 18.8 Å². The molecule has 6 nitrogen and oxygen atoms in total. The van der Waals surface area contributed by atoms with Gasteiger partial charge >= 0.3 is 0 Å². The fraction of sp³-hybridized carbons (Fsp3) is 0.478. The third kappa shape index (κ3) is 4.97. The topological polar surface area (TPSA) is 68.2 Å². The summed E-state index contributed by atoms with van der Waals surface area (Å²) in [5.74, 6) is 0. The van der Waals surface area contributed by atoms with Gasteiger partial charge in [0.1, 0.15) is 12.2 Å². The van der Waals surface area contributed by atoms with E-state index in [1.54, 1.807) is 0 Å². The van der Waals surface area contributed by atoms with Crippen LogP contribution in [0.4, 0.5) is 5.69 Å². The minimum Gasteiger partial charge on any atom is -0.394 e. The van der Waals surface area contributed by atoms with Gasteiger partial charge in [0.2, 0.25) is 0 Å². The maximum atomic E-state index is 10.8. The van der Waals surface area contributed by atoms with Crippen molar-refractivity contribution in [3.63, 3.8) is 0 Å². The zero-order valence-corrected chi connectivity index (χ0v) is 17.8. The van der Waals surface area contributed by atoms with Crippen LogP contribution in [0.25, 0.3) is 0 Å². The van der Waals surface area contributed by atoms with Crippen LogP contribution in [-0.2, 0) is 11.3 Å². The van der Waals surface area contributed by atoms with Gasteiger partial charge in [-0.1, -0.05) is 41.9 Å². The van der Waals surface area contributed by atoms with E-state index in [2.05, 4.69) is 39.4 Å². The van der Waals surface area contributed by atoms with Crippen molar-refractivity contribution in [1.29, 1.82) is 0 Å². The van der Waals surface area contributed by atoms with Gasteiger partial charge in [0, 0.05) is 50.0 Å². The molecule has 0 aliphatic carbocycles. The van der Waals surface area contributed by atoms with Crippen molar-refractivity contribution in [3.05, 3.63) is 65.2 Å². The quantitative estimate of drug-likeness (QED) is 0.620. The van der Waals surface area contributed by atoms with Crippen molar-refractivity contribution >= 4 is 17.3 Å². The Hall–Kier alpha value is -1.67. The summed E-state index contributed by atoms with van der Waals surface area (Å²) in [6.45, 7) is 4.61. The largest absolute Gasteiger partial charge is 0.394 e. The van der Waals surface area contributed by atoms with Gasteiger partial charge in [-0.15, -0.1) is 0 Å². The lowest BCUT2D eigenvalue weighted by Gasteiger charge is -2.41. The van der Waals surface area contributed by atoms with Crippen LogP contribution >= 0.6 is 11.6 Å². The van der Waals surface area contributed by atoms with Crippen LogP contribution in [0.5, 0.6) is 0 Å². The number of ether oxygens (including phenoxy) is 1. The third-order valence-corrected chi connectivity index (χ3v) is 6.30. The van der Waals surface area contributed by atoms with E-state index in [0.29, 0.717) is 13.1 Å². The first-order valence-corrected chi connectivity index (χ1v) is 11.0. The number of halogens is 1. The second-order valence-electron chi connectivity index (χ2n) is 8.00. The van der Waals surface area contributed by atoms with Crippen LogP contribution in [0.1, 0.15) is 5.56 Å². The lowest BCUT2D eigenvalue weighted by Crippen LogP contribution is -2.57. The van der Waals surface area contributed by atoms with Gasteiger partial charge in [-0.2, -0.15) is 0 Å². The molecule has 0 bridgehead atoms. The number of benzene rings is 2. The van der Waals surface area contributed by atoms with E-state index in [1.165, 1.54) is 5.69 Å². The lowest BCUT2D eigenvalue weighted by atomic mass is 10.0. The van der Waals surface area contributed by atoms with Gasteiger partial charge < -0.3 is 25.2 Å². The molecule has 0 radical (unpaired) electrons. The predicted molar refractivity (Wildman–Crippen MR) is 119 cm³/mol. The maximum absolute atomic E-state index is 10.8. The number of nitrogens with zero attached hydrogens (tertiary/aromatic N) is 2. The summed E-state index contributed by atoms with van der Waals surface area (Å²) in [7, 11) is 0. The molecule has 30 heavy (non-hydrogen) atoms. The van der Waals surface area contributed by atoms with Crippen molar-refractivity contribution in [2.75, 3.05) is 44.2 Å². The molecule has 2 aromatic rings. The Kier molecular flexibility index (Phi) is 7.25. The van der Waals surface area contributed by atoms with Crippen molar-refractivity contribution in [3.8, 4) is 0 Å². The molecule has 2 fully saturated rings. The standard InChI is InChI=1S/C23H30ClN3O3/c24-18-6-4-5-17(13-18)14-25-15-20-22(23(29)21(16-28)30-20)27-11-9-26(10-12-27)19-7-2-1-3-8-19/h1-8,13,20-23,25,28-29H,9-12,14-16H2/t20-,21+,22-,23-/m1/s1. The van der Waals surface area contributed by atoms with Gasteiger partial charge in [0.25, 0.3) is 0 Å². The molecule has 2 aromatic carbocycles. The first-order chi connectivity index (χ1) is 14.7. The average molecular weight is 432 g/mol. The number of para-hydroxylation sites is 1. The van der Waals surface area contributed by atoms with Gasteiger partial charge in [0.15, 0.2) is 0 Å². The highest BCUT2D eigenvalue weighted by Gasteiger charge is 2.46. The Morgan fingerprint density at radius 2 is 1.77 bits per heavy atom. The van der Waals surface area contributed by atoms with Crippen molar-refractivity contribution in [1.82, 2.24) is 10.2 Å². The summed E-state index contributed by atoms with van der Waals surface area (Å²) in [6, 6.07) is 18.0. The zero-order valence-electron chi connectivity index (χ0n) is 17.0. The Morgan fingerprint density at radius 1 is 1.00 bits per heavy atom. The minimum atomic E-state index is -0.698. The van der Waals surface area contributed by atoms with Crippen LogP contribution in [-0.4, -0.2) is 78.8 Å². The minimum absolute atomic E-state index is 0.132. The Balaban J connectivity index is 1.36. The number of hydrogen-bond donors (Lipinski definition) is 3. The highest BCUT2D eigenvalue weighted by Crippen LogP contribution is 2.27. The molecule has 0 spiro atoms. The van der Waals surface area contributed by atoms with E-state index in [1.807, 2.05) is 30.3 Å². The molecule has 4 atom stereocenters. The van der Waals surface area contributed by atoms with Gasteiger partial charge in [-0.25, -0.2) is 0 Å². The molecular formula is C23H30ClN3O3. The molecule has 2 saturated heterocycles. The van der Waals surface area contributed by atoms with E-state index in [-0.39, 0.29) is 18.8 Å². The summed E-state index contributed by atoms with van der Waals surface area (Å²) in [6.07, 6.45) is -1.42. The SMILES string of the molecule is OC[C@@H]1O[C@H](CNCc2cccc(Cl)c2)[C@@H](N2CCN(c3ccccc3)CC2)[C@@H]1O. The lowest BCUT2D eigenvalue weighted by molar-refractivity contribution is -0.0213. The van der Waals surface area contributed by atoms with Gasteiger partial charge in [-0.05, 0) is 29.8 Å². The number of hydrogen-bond acceptors (Lipinski definition) is 6. The number of nitrogens with one attached hydrogen (secondary N) is 1. The Bertz CT molecular complexity index is 801. The monoisotopic (exact) mass is 431 g/mol. The first kappa shape index (κ1) is 21.6. The molecule has 2 aliphatic rings. The van der Waals surface area contributed by atoms with E-state index < -0.39 is 12.2 Å². The van der Waals surface area contributed by atoms with E-state index in [4.69, 9.17) is 16.3 Å². The molecule has 0 aromatic heterocycles. The predicted octanol–water partition coefficient (Wildman–Crippen LogP) is 1.74. The number of aliphatic hydroxyl groups excluding tert-OH is 2. The van der Waals surface area contributed by atoms with Crippen LogP contribution in [0.2, 0.25) is 5.02 Å². The highest BCUT2D eigenvalue weighted by molar-refractivity contribution is 6.30. The second-order valence-corrected chi connectivity index (χ2v) is 8.43. The van der Waals surface area contributed by atoms with E-state index in [0.717, 1.165) is 36.8 Å². The molecule has 2 aliphatic heterocycles. The maximum Gasteiger partial charge on any atom is 0.109 e. The van der Waals surface area contributed by atoms with E-state index >= 15 is 0 Å². The number of piperazine rings is 1. The fourth-order valence-corrected chi connectivity index (χ4v) is 4.73. The molecule has 162 valence electrons.